The van der Waals surface area contributed by atoms with Crippen LogP contribution in [-0.2, 0) is 0 Å². The Hall–Kier alpha value is -0.730. The predicted octanol–water partition coefficient (Wildman–Crippen LogP) is 3.02. The van der Waals surface area contributed by atoms with Crippen LogP contribution in [0.3, 0.4) is 0 Å². The average molecular weight is 197 g/mol. The molecule has 0 aromatic rings. The summed E-state index contributed by atoms with van der Waals surface area (Å²) in [6.45, 7) is 5.70. The van der Waals surface area contributed by atoms with Crippen LogP contribution < -0.4 is 0 Å². The van der Waals surface area contributed by atoms with Gasteiger partial charge in [-0.2, -0.15) is 0 Å². The van der Waals surface area contributed by atoms with E-state index in [1.165, 1.54) is 0 Å². The van der Waals surface area contributed by atoms with Crippen molar-refractivity contribution in [3.63, 3.8) is 0 Å². The lowest BCUT2D eigenvalue weighted by Crippen LogP contribution is -2.38. The first-order valence-corrected chi connectivity index (χ1v) is 5.16. The van der Waals surface area contributed by atoms with E-state index < -0.39 is 5.60 Å². The Bertz CT molecular complexity index is 243. The van der Waals surface area contributed by atoms with Crippen LogP contribution in [0.15, 0.2) is 5.11 Å². The van der Waals surface area contributed by atoms with Crippen molar-refractivity contribution < 1.29 is 5.11 Å². The Morgan fingerprint density at radius 3 is 2.29 bits per heavy atom. The molecule has 1 aliphatic carbocycles. The largest absolute Gasteiger partial charge is 0.390 e. The second-order valence-electron chi connectivity index (χ2n) is 5.11. The van der Waals surface area contributed by atoms with Gasteiger partial charge in [-0.3, -0.25) is 0 Å². The van der Waals surface area contributed by atoms with Gasteiger partial charge in [-0.1, -0.05) is 12.0 Å². The molecule has 4 nitrogen and oxygen atoms in total. The van der Waals surface area contributed by atoms with Gasteiger partial charge in [0.25, 0.3) is 0 Å². The van der Waals surface area contributed by atoms with Gasteiger partial charge in [0, 0.05) is 10.5 Å². The van der Waals surface area contributed by atoms with E-state index in [0.717, 1.165) is 25.7 Å². The minimum absolute atomic E-state index is 0.226. The SMILES string of the molecule is CC1(N=[N+]=[N-])CCC(C(C)(C)O)CC1. The molecule has 0 radical (unpaired) electrons. The van der Waals surface area contributed by atoms with Gasteiger partial charge in [-0.05, 0) is 51.0 Å². The van der Waals surface area contributed by atoms with Crippen LogP contribution in [0.25, 0.3) is 10.4 Å². The lowest BCUT2D eigenvalue weighted by atomic mass is 9.72. The first kappa shape index (κ1) is 11.3. The lowest BCUT2D eigenvalue weighted by molar-refractivity contribution is -0.00727. The van der Waals surface area contributed by atoms with Crippen LogP contribution in [-0.4, -0.2) is 16.2 Å². The van der Waals surface area contributed by atoms with Crippen LogP contribution in [0.1, 0.15) is 46.5 Å². The topological polar surface area (TPSA) is 69.0 Å². The molecule has 1 fully saturated rings. The van der Waals surface area contributed by atoms with Crippen molar-refractivity contribution in [2.75, 3.05) is 0 Å². The molecular weight excluding hydrogens is 178 g/mol. The van der Waals surface area contributed by atoms with Crippen molar-refractivity contribution in [3.05, 3.63) is 10.4 Å². The Labute approximate surface area is 84.9 Å². The van der Waals surface area contributed by atoms with E-state index in [1.807, 2.05) is 20.8 Å². The van der Waals surface area contributed by atoms with Gasteiger partial charge >= 0.3 is 0 Å². The van der Waals surface area contributed by atoms with E-state index in [4.69, 9.17) is 5.53 Å². The molecule has 0 aliphatic heterocycles. The fraction of sp³-hybridized carbons (Fsp3) is 1.00. The van der Waals surface area contributed by atoms with E-state index in [2.05, 4.69) is 10.0 Å². The zero-order chi connectivity index (χ0) is 10.8. The third-order valence-electron chi connectivity index (χ3n) is 3.35. The van der Waals surface area contributed by atoms with Crippen molar-refractivity contribution in [1.29, 1.82) is 0 Å². The highest BCUT2D eigenvalue weighted by atomic mass is 16.3. The van der Waals surface area contributed by atoms with Crippen LogP contribution in [0.4, 0.5) is 0 Å². The molecule has 0 atom stereocenters. The summed E-state index contributed by atoms with van der Waals surface area (Å²) >= 11 is 0. The molecule has 0 heterocycles. The van der Waals surface area contributed by atoms with Gasteiger partial charge in [0.2, 0.25) is 0 Å². The maximum atomic E-state index is 9.84. The van der Waals surface area contributed by atoms with E-state index in [0.29, 0.717) is 5.92 Å². The van der Waals surface area contributed by atoms with Gasteiger partial charge in [-0.25, -0.2) is 0 Å². The number of hydrogen-bond donors (Lipinski definition) is 1. The summed E-state index contributed by atoms with van der Waals surface area (Å²) in [5, 5.41) is 13.7. The van der Waals surface area contributed by atoms with Crippen molar-refractivity contribution in [3.8, 4) is 0 Å². The van der Waals surface area contributed by atoms with E-state index >= 15 is 0 Å². The summed E-state index contributed by atoms with van der Waals surface area (Å²) in [6.07, 6.45) is 3.65. The summed E-state index contributed by atoms with van der Waals surface area (Å²) in [5.74, 6) is 0.337. The van der Waals surface area contributed by atoms with Gasteiger partial charge in [0.05, 0.1) is 5.60 Å². The minimum Gasteiger partial charge on any atom is -0.390 e. The number of rotatable bonds is 2. The molecule has 14 heavy (non-hydrogen) atoms. The van der Waals surface area contributed by atoms with Crippen molar-refractivity contribution in [2.24, 2.45) is 11.0 Å². The van der Waals surface area contributed by atoms with Crippen molar-refractivity contribution >= 4 is 0 Å². The molecule has 1 saturated carbocycles. The molecule has 0 saturated heterocycles. The summed E-state index contributed by atoms with van der Waals surface area (Å²) in [7, 11) is 0. The van der Waals surface area contributed by atoms with Gasteiger partial charge in [0.1, 0.15) is 0 Å². The van der Waals surface area contributed by atoms with Crippen LogP contribution in [0.2, 0.25) is 0 Å². The van der Waals surface area contributed by atoms with Gasteiger partial charge < -0.3 is 5.11 Å². The Balaban J connectivity index is 2.58. The standard InChI is InChI=1S/C10H19N3O/c1-9(2,14)8-4-6-10(3,7-5-8)12-13-11/h8,14H,4-7H2,1-3H3. The molecule has 1 rings (SSSR count). The molecule has 0 aromatic carbocycles. The number of hydrogen-bond acceptors (Lipinski definition) is 2. The Morgan fingerprint density at radius 1 is 1.43 bits per heavy atom. The van der Waals surface area contributed by atoms with Crippen LogP contribution in [0, 0.1) is 5.92 Å². The van der Waals surface area contributed by atoms with Crippen LogP contribution >= 0.6 is 0 Å². The Kier molecular flexibility index (Phi) is 3.07. The van der Waals surface area contributed by atoms with Gasteiger partial charge in [0.15, 0.2) is 0 Å². The summed E-state index contributed by atoms with van der Waals surface area (Å²) in [6, 6.07) is 0. The molecule has 1 N–H and O–H groups in total. The lowest BCUT2D eigenvalue weighted by Gasteiger charge is -2.38. The fourth-order valence-electron chi connectivity index (χ4n) is 2.15. The van der Waals surface area contributed by atoms with E-state index in [9.17, 15) is 5.11 Å². The normalized spacial score (nSPS) is 33.6. The molecule has 0 bridgehead atoms. The minimum atomic E-state index is -0.600. The maximum Gasteiger partial charge on any atom is 0.0619 e. The fourth-order valence-corrected chi connectivity index (χ4v) is 2.15. The predicted molar refractivity (Wildman–Crippen MR) is 55.8 cm³/mol. The molecule has 0 spiro atoms. The molecule has 0 unspecified atom stereocenters. The zero-order valence-electron chi connectivity index (χ0n) is 9.19. The first-order chi connectivity index (χ1) is 6.37. The molecule has 80 valence electrons. The highest BCUT2D eigenvalue weighted by molar-refractivity contribution is 4.93. The van der Waals surface area contributed by atoms with Crippen LogP contribution in [0.5, 0.6) is 0 Å². The van der Waals surface area contributed by atoms with Gasteiger partial charge in [-0.15, -0.1) is 0 Å². The average Bonchev–Trinajstić information content (AvgIpc) is 2.03. The number of azide groups is 1. The highest BCUT2D eigenvalue weighted by Gasteiger charge is 2.36. The second-order valence-corrected chi connectivity index (χ2v) is 5.11. The van der Waals surface area contributed by atoms with E-state index in [-0.39, 0.29) is 5.54 Å². The number of aliphatic hydroxyl groups is 1. The van der Waals surface area contributed by atoms with E-state index in [1.54, 1.807) is 0 Å². The molecular formula is C10H19N3O. The maximum absolute atomic E-state index is 9.84. The molecule has 0 aromatic heterocycles. The monoisotopic (exact) mass is 197 g/mol. The third kappa shape index (κ3) is 2.63. The molecule has 1 aliphatic rings. The summed E-state index contributed by atoms with van der Waals surface area (Å²) in [4.78, 5) is 2.88. The highest BCUT2D eigenvalue weighted by Crippen LogP contribution is 2.39. The second kappa shape index (κ2) is 3.79. The molecule has 4 heteroatoms. The molecule has 0 amide bonds. The third-order valence-corrected chi connectivity index (χ3v) is 3.35. The quantitative estimate of drug-likeness (QED) is 0.412. The smallest absolute Gasteiger partial charge is 0.0619 e. The Morgan fingerprint density at radius 2 is 1.93 bits per heavy atom. The first-order valence-electron chi connectivity index (χ1n) is 5.16. The summed E-state index contributed by atoms with van der Waals surface area (Å²) in [5.41, 5.74) is 7.59. The number of nitrogens with zero attached hydrogens (tertiary/aromatic N) is 3. The zero-order valence-corrected chi connectivity index (χ0v) is 9.19. The van der Waals surface area contributed by atoms with Crippen molar-refractivity contribution in [1.82, 2.24) is 0 Å². The summed E-state index contributed by atoms with van der Waals surface area (Å²) < 4.78 is 0. The van der Waals surface area contributed by atoms with Crippen molar-refractivity contribution in [2.45, 2.75) is 57.6 Å².